The fourth-order valence-corrected chi connectivity index (χ4v) is 8.93. The number of aromatic nitrogens is 4. The molecule has 56 heavy (non-hydrogen) atoms. The topological polar surface area (TPSA) is 166 Å². The SMILES string of the molecule is Nc1nnc(-c2ccccc2O)cc1N1CC2CCC(C1)N2c1ncc(C2CCN(CCCNC(=O)COc3ccc4c(c3)CCCN4C(=O)CCl)CC2)cn1. The first-order chi connectivity index (χ1) is 27.3. The summed E-state index contributed by atoms with van der Waals surface area (Å²) in [7, 11) is 0. The van der Waals surface area contributed by atoms with Gasteiger partial charge >= 0.3 is 0 Å². The number of amides is 2. The largest absolute Gasteiger partial charge is 0.507 e. The minimum absolute atomic E-state index is 0.0433. The van der Waals surface area contributed by atoms with Crippen LogP contribution in [0.25, 0.3) is 11.3 Å². The number of benzene rings is 2. The van der Waals surface area contributed by atoms with Crippen molar-refractivity contribution < 1.29 is 19.4 Å². The van der Waals surface area contributed by atoms with Crippen LogP contribution in [0.15, 0.2) is 60.9 Å². The van der Waals surface area contributed by atoms with Crippen molar-refractivity contribution in [1.29, 1.82) is 0 Å². The maximum Gasteiger partial charge on any atom is 0.257 e. The number of ether oxygens (including phenoxy) is 1. The van der Waals surface area contributed by atoms with Gasteiger partial charge in [-0.1, -0.05) is 12.1 Å². The molecule has 8 rings (SSSR count). The van der Waals surface area contributed by atoms with Gasteiger partial charge in [0.1, 0.15) is 17.4 Å². The third-order valence-electron chi connectivity index (χ3n) is 11.7. The molecule has 0 spiro atoms. The predicted molar refractivity (Wildman–Crippen MR) is 216 cm³/mol. The monoisotopic (exact) mass is 780 g/mol. The highest BCUT2D eigenvalue weighted by Crippen LogP contribution is 2.38. The van der Waals surface area contributed by atoms with Crippen molar-refractivity contribution in [2.24, 2.45) is 0 Å². The van der Waals surface area contributed by atoms with Crippen LogP contribution in [0.2, 0.25) is 0 Å². The van der Waals surface area contributed by atoms with E-state index < -0.39 is 0 Å². The van der Waals surface area contributed by atoms with E-state index in [0.29, 0.717) is 41.8 Å². The van der Waals surface area contributed by atoms with Crippen LogP contribution in [0.1, 0.15) is 55.6 Å². The molecule has 4 aliphatic heterocycles. The third-order valence-corrected chi connectivity index (χ3v) is 11.9. The molecule has 2 atom stereocenters. The summed E-state index contributed by atoms with van der Waals surface area (Å²) in [6.07, 6.45) is 10.9. The molecule has 294 valence electrons. The van der Waals surface area contributed by atoms with E-state index in [9.17, 15) is 14.7 Å². The highest BCUT2D eigenvalue weighted by Gasteiger charge is 2.42. The number of nitrogens with one attached hydrogen (secondary N) is 1. The van der Waals surface area contributed by atoms with Crippen LogP contribution in [-0.2, 0) is 16.0 Å². The first-order valence-corrected chi connectivity index (χ1v) is 20.3. The van der Waals surface area contributed by atoms with Crippen molar-refractivity contribution in [1.82, 2.24) is 30.4 Å². The molecule has 4 N–H and O–H groups in total. The number of piperidine rings is 1. The van der Waals surface area contributed by atoms with Crippen molar-refractivity contribution in [2.75, 3.05) is 78.7 Å². The molecular weight excluding hydrogens is 732 g/mol. The van der Waals surface area contributed by atoms with Gasteiger partial charge in [-0.3, -0.25) is 9.59 Å². The number of para-hydroxylation sites is 1. The Balaban J connectivity index is 0.762. The number of rotatable bonds is 12. The summed E-state index contributed by atoms with van der Waals surface area (Å²) in [6, 6.07) is 15.2. The Labute approximate surface area is 332 Å². The minimum atomic E-state index is -0.145. The lowest BCUT2D eigenvalue weighted by atomic mass is 9.91. The molecule has 6 heterocycles. The number of hydrogen-bond donors (Lipinski definition) is 3. The Morgan fingerprint density at radius 1 is 0.946 bits per heavy atom. The molecule has 15 heteroatoms. The van der Waals surface area contributed by atoms with Crippen LogP contribution in [0.4, 0.5) is 23.1 Å². The van der Waals surface area contributed by atoms with E-state index in [1.165, 1.54) is 5.56 Å². The number of nitrogens with two attached hydrogens (primary N) is 1. The molecule has 14 nitrogen and oxygen atoms in total. The molecule has 0 saturated carbocycles. The van der Waals surface area contributed by atoms with Gasteiger partial charge in [0.25, 0.3) is 5.91 Å². The molecule has 2 aromatic heterocycles. The lowest BCUT2D eigenvalue weighted by Crippen LogP contribution is -2.54. The van der Waals surface area contributed by atoms with Crippen molar-refractivity contribution in [3.8, 4) is 22.8 Å². The van der Waals surface area contributed by atoms with Crippen LogP contribution in [-0.4, -0.2) is 112 Å². The minimum Gasteiger partial charge on any atom is -0.507 e. The molecule has 0 radical (unpaired) electrons. The van der Waals surface area contributed by atoms with Crippen molar-refractivity contribution in [3.05, 3.63) is 72.1 Å². The molecule has 2 amide bonds. The highest BCUT2D eigenvalue weighted by molar-refractivity contribution is 6.29. The Bertz CT molecular complexity index is 2010. The second kappa shape index (κ2) is 16.9. The zero-order chi connectivity index (χ0) is 38.6. The number of alkyl halides is 1. The first-order valence-electron chi connectivity index (χ1n) is 19.7. The third kappa shape index (κ3) is 8.17. The Hall–Kier alpha value is -5.21. The van der Waals surface area contributed by atoms with Gasteiger partial charge in [-0.05, 0) is 118 Å². The summed E-state index contributed by atoms with van der Waals surface area (Å²) < 4.78 is 5.77. The van der Waals surface area contributed by atoms with Crippen LogP contribution >= 0.6 is 11.6 Å². The highest BCUT2D eigenvalue weighted by atomic mass is 35.5. The molecular formula is C41H49ClN10O4. The van der Waals surface area contributed by atoms with E-state index in [1.807, 2.05) is 42.7 Å². The molecule has 4 aliphatic rings. The maximum atomic E-state index is 12.5. The van der Waals surface area contributed by atoms with Crippen LogP contribution in [0, 0.1) is 0 Å². The van der Waals surface area contributed by atoms with E-state index in [-0.39, 0.29) is 42.1 Å². The average Bonchev–Trinajstić information content (AvgIpc) is 3.50. The van der Waals surface area contributed by atoms with Crippen LogP contribution in [0.3, 0.4) is 0 Å². The number of carbonyl (C=O) groups excluding carboxylic acids is 2. The standard InChI is InChI=1S/C41H49ClN10O4/c42-21-39(55)51-16-3-5-28-19-32(10-11-35(28)51)56-26-38(54)44-14-4-15-49-17-12-27(13-18-49)29-22-45-41(46-23-29)52-30-8-9-31(52)25-50(24-30)36-20-34(47-48-40(36)43)33-6-1-2-7-37(33)53/h1-2,6-7,10-11,19-20,22-23,27,30-31,53H,3-5,8-9,12-18,21,24-26H2,(H2,43,48)(H,44,54). The van der Waals surface area contributed by atoms with E-state index in [0.717, 1.165) is 101 Å². The summed E-state index contributed by atoms with van der Waals surface area (Å²) in [4.78, 5) is 43.3. The molecule has 4 aromatic rings. The molecule has 2 unspecified atom stereocenters. The number of piperazine rings is 1. The number of phenols is 1. The summed E-state index contributed by atoms with van der Waals surface area (Å²) >= 11 is 5.78. The zero-order valence-corrected chi connectivity index (χ0v) is 32.3. The number of aromatic hydroxyl groups is 1. The molecule has 3 fully saturated rings. The number of likely N-dealkylation sites (tertiary alicyclic amines) is 1. The average molecular weight is 781 g/mol. The van der Waals surface area contributed by atoms with Crippen LogP contribution < -0.4 is 30.5 Å². The van der Waals surface area contributed by atoms with E-state index in [1.54, 1.807) is 23.1 Å². The number of aryl methyl sites for hydroxylation is 1. The number of halogens is 1. The zero-order valence-electron chi connectivity index (χ0n) is 31.5. The molecule has 3 saturated heterocycles. The molecule has 2 bridgehead atoms. The van der Waals surface area contributed by atoms with Crippen molar-refractivity contribution in [3.63, 3.8) is 0 Å². The summed E-state index contributed by atoms with van der Waals surface area (Å²) in [5.74, 6) is 2.10. The van der Waals surface area contributed by atoms with Gasteiger partial charge < -0.3 is 40.5 Å². The number of anilines is 4. The summed E-state index contributed by atoms with van der Waals surface area (Å²) in [5.41, 5.74) is 11.5. The lowest BCUT2D eigenvalue weighted by Gasteiger charge is -2.42. The molecule has 2 aromatic carbocycles. The number of carbonyl (C=O) groups is 2. The predicted octanol–water partition coefficient (Wildman–Crippen LogP) is 4.36. The van der Waals surface area contributed by atoms with Gasteiger partial charge in [-0.2, -0.15) is 0 Å². The number of nitrogen functional groups attached to an aromatic ring is 1. The second-order valence-corrected chi connectivity index (χ2v) is 15.5. The van der Waals surface area contributed by atoms with Crippen molar-refractivity contribution >= 4 is 46.6 Å². The summed E-state index contributed by atoms with van der Waals surface area (Å²) in [5, 5.41) is 21.9. The fourth-order valence-electron chi connectivity index (χ4n) is 8.78. The Kier molecular flexibility index (Phi) is 11.4. The van der Waals surface area contributed by atoms with Gasteiger partial charge in [0.05, 0.1) is 11.4 Å². The van der Waals surface area contributed by atoms with E-state index in [4.69, 9.17) is 32.0 Å². The van der Waals surface area contributed by atoms with Gasteiger partial charge in [0.2, 0.25) is 11.9 Å². The van der Waals surface area contributed by atoms with Crippen molar-refractivity contribution in [2.45, 2.75) is 62.9 Å². The number of fused-ring (bicyclic) bond motifs is 3. The Morgan fingerprint density at radius 2 is 1.71 bits per heavy atom. The number of hydrogen-bond acceptors (Lipinski definition) is 12. The lowest BCUT2D eigenvalue weighted by molar-refractivity contribution is -0.123. The number of phenolic OH excluding ortho intramolecular Hbond substituents is 1. The first kappa shape index (κ1) is 37.7. The quantitative estimate of drug-likeness (QED) is 0.138. The smallest absolute Gasteiger partial charge is 0.257 e. The van der Waals surface area contributed by atoms with Gasteiger partial charge in [-0.15, -0.1) is 21.8 Å². The maximum absolute atomic E-state index is 12.5. The summed E-state index contributed by atoms with van der Waals surface area (Å²) in [6.45, 7) is 5.71. The normalized spacial score (nSPS) is 19.8. The fraction of sp³-hybridized carbons (Fsp3) is 0.463. The van der Waals surface area contributed by atoms with E-state index >= 15 is 0 Å². The van der Waals surface area contributed by atoms with Crippen LogP contribution in [0.5, 0.6) is 11.5 Å². The van der Waals surface area contributed by atoms with Gasteiger partial charge in [-0.25, -0.2) is 9.97 Å². The molecule has 0 aliphatic carbocycles. The second-order valence-electron chi connectivity index (χ2n) is 15.2. The van der Waals surface area contributed by atoms with E-state index in [2.05, 4.69) is 30.2 Å². The Morgan fingerprint density at radius 3 is 2.46 bits per heavy atom. The van der Waals surface area contributed by atoms with Gasteiger partial charge in [0, 0.05) is 61.9 Å². The van der Waals surface area contributed by atoms with Gasteiger partial charge in [0.15, 0.2) is 12.4 Å². The number of nitrogens with zero attached hydrogens (tertiary/aromatic N) is 8.